The molecule has 0 aliphatic rings. The summed E-state index contributed by atoms with van der Waals surface area (Å²) in [6.07, 6.45) is 0. The highest BCUT2D eigenvalue weighted by molar-refractivity contribution is 9.15. The number of hydrogen-bond donors (Lipinski definition) is 0. The summed E-state index contributed by atoms with van der Waals surface area (Å²) < 4.78 is 1.87. The molecule has 0 spiro atoms. The van der Waals surface area contributed by atoms with Crippen molar-refractivity contribution >= 4 is 40.8 Å². The monoisotopic (exact) mass is 364 g/mol. The topological polar surface area (TPSA) is 0 Å². The van der Waals surface area contributed by atoms with E-state index < -0.39 is 0 Å². The zero-order valence-electron chi connectivity index (χ0n) is 9.94. The summed E-state index contributed by atoms with van der Waals surface area (Å²) in [7, 11) is 0. The Labute approximate surface area is 125 Å². The Morgan fingerprint density at radius 3 is 1.06 bits per heavy atom. The summed E-state index contributed by atoms with van der Waals surface area (Å²) in [6, 6.07) is 20.0. The second kappa shape index (κ2) is 8.06. The quantitative estimate of drug-likeness (QED) is 0.602. The molecule has 18 heavy (non-hydrogen) atoms. The third-order valence-corrected chi connectivity index (χ3v) is 3.09. The van der Waals surface area contributed by atoms with Crippen molar-refractivity contribution in [3.8, 4) is 0 Å². The molecule has 2 heteroatoms. The molecule has 0 atom stereocenters. The molecule has 0 radical (unpaired) electrons. The maximum Gasteiger partial charge on any atom is 0.0175 e. The molecule has 0 N–H and O–H groups in total. The van der Waals surface area contributed by atoms with Gasteiger partial charge < -0.3 is 0 Å². The molecule has 0 heterocycles. The molecule has 2 aromatic rings. The van der Waals surface area contributed by atoms with Crippen LogP contribution in [0.3, 0.4) is 0 Å². The zero-order valence-corrected chi connectivity index (χ0v) is 13.1. The third-order valence-electron chi connectivity index (χ3n) is 2.17. The van der Waals surface area contributed by atoms with Crippen LogP contribution in [0.4, 0.5) is 0 Å². The summed E-state index contributed by atoms with van der Waals surface area (Å²) in [4.78, 5) is 0. The smallest absolute Gasteiger partial charge is 0.0175 e. The Morgan fingerprint density at radius 2 is 0.889 bits per heavy atom. The lowest BCUT2D eigenvalue weighted by molar-refractivity contribution is 1.66. The van der Waals surface area contributed by atoms with Crippen LogP contribution in [0.2, 0.25) is 0 Å². The molecular formula is C16H14Br2. The summed E-state index contributed by atoms with van der Waals surface area (Å²) in [5.74, 6) is 0. The summed E-state index contributed by atoms with van der Waals surface area (Å²) in [5.41, 5.74) is 2.27. The standard InChI is InChI=1S/2C8H7Br/c2*1-7(9)8-5-3-2-4-6-8/h2*2-6H,1H2. The van der Waals surface area contributed by atoms with E-state index in [9.17, 15) is 0 Å². The van der Waals surface area contributed by atoms with Gasteiger partial charge in [0.25, 0.3) is 0 Å². The van der Waals surface area contributed by atoms with Crippen molar-refractivity contribution in [1.82, 2.24) is 0 Å². The number of halogens is 2. The Morgan fingerprint density at radius 1 is 0.611 bits per heavy atom. The molecule has 0 saturated heterocycles. The van der Waals surface area contributed by atoms with Crippen LogP contribution in [0.25, 0.3) is 8.96 Å². The lowest BCUT2D eigenvalue weighted by atomic mass is 10.2. The van der Waals surface area contributed by atoms with Crippen molar-refractivity contribution in [1.29, 1.82) is 0 Å². The van der Waals surface area contributed by atoms with Crippen molar-refractivity contribution in [2.24, 2.45) is 0 Å². The van der Waals surface area contributed by atoms with Gasteiger partial charge in [0.2, 0.25) is 0 Å². The third kappa shape index (κ3) is 5.48. The minimum Gasteiger partial charge on any atom is -0.0841 e. The van der Waals surface area contributed by atoms with Gasteiger partial charge in [-0.3, -0.25) is 0 Å². The van der Waals surface area contributed by atoms with Crippen LogP contribution in [0.5, 0.6) is 0 Å². The Bertz CT molecular complexity index is 452. The predicted octanol–water partition coefficient (Wildman–Crippen LogP) is 6.10. The molecule has 0 aromatic heterocycles. The molecular weight excluding hydrogens is 352 g/mol. The van der Waals surface area contributed by atoms with E-state index in [0.29, 0.717) is 0 Å². The average molecular weight is 366 g/mol. The Hall–Kier alpha value is -1.12. The van der Waals surface area contributed by atoms with E-state index >= 15 is 0 Å². The molecule has 2 aromatic carbocycles. The second-order valence-corrected chi connectivity index (χ2v) is 5.46. The highest BCUT2D eigenvalue weighted by Gasteiger charge is 1.88. The highest BCUT2D eigenvalue weighted by atomic mass is 79.9. The normalized spacial score (nSPS) is 9.00. The van der Waals surface area contributed by atoms with Gasteiger partial charge in [0.05, 0.1) is 0 Å². The first kappa shape index (κ1) is 14.9. The maximum atomic E-state index is 3.74. The summed E-state index contributed by atoms with van der Waals surface area (Å²) in [6.45, 7) is 7.48. The SMILES string of the molecule is C=C(Br)c1ccccc1.C=C(Br)c1ccccc1. The highest BCUT2D eigenvalue weighted by Crippen LogP contribution is 2.17. The largest absolute Gasteiger partial charge is 0.0841 e. The van der Waals surface area contributed by atoms with Crippen LogP contribution in [-0.2, 0) is 0 Å². The van der Waals surface area contributed by atoms with Crippen molar-refractivity contribution < 1.29 is 0 Å². The maximum absolute atomic E-state index is 3.74. The van der Waals surface area contributed by atoms with Crippen LogP contribution < -0.4 is 0 Å². The van der Waals surface area contributed by atoms with Crippen molar-refractivity contribution in [2.75, 3.05) is 0 Å². The summed E-state index contributed by atoms with van der Waals surface area (Å²) >= 11 is 6.58. The molecule has 0 bridgehead atoms. The van der Waals surface area contributed by atoms with Crippen LogP contribution in [0.1, 0.15) is 11.1 Å². The van der Waals surface area contributed by atoms with E-state index in [1.807, 2.05) is 60.7 Å². The first-order chi connectivity index (χ1) is 8.61. The molecule has 0 nitrogen and oxygen atoms in total. The molecule has 0 amide bonds. The molecule has 0 fully saturated rings. The fourth-order valence-electron chi connectivity index (χ4n) is 1.24. The van der Waals surface area contributed by atoms with Crippen LogP contribution in [0, 0.1) is 0 Å². The zero-order chi connectivity index (χ0) is 13.4. The number of rotatable bonds is 2. The van der Waals surface area contributed by atoms with Crippen molar-refractivity contribution in [3.63, 3.8) is 0 Å². The Kier molecular flexibility index (Phi) is 6.69. The fourth-order valence-corrected chi connectivity index (χ4v) is 1.77. The average Bonchev–Trinajstić information content (AvgIpc) is 2.41. The van der Waals surface area contributed by atoms with E-state index in [-0.39, 0.29) is 0 Å². The van der Waals surface area contributed by atoms with Gasteiger partial charge in [-0.15, -0.1) is 0 Å². The van der Waals surface area contributed by atoms with E-state index in [1.165, 1.54) is 0 Å². The van der Waals surface area contributed by atoms with Gasteiger partial charge in [0, 0.05) is 8.96 Å². The minimum atomic E-state index is 0.933. The van der Waals surface area contributed by atoms with Gasteiger partial charge in [-0.1, -0.05) is 106 Å². The van der Waals surface area contributed by atoms with Gasteiger partial charge >= 0.3 is 0 Å². The van der Waals surface area contributed by atoms with Gasteiger partial charge in [0.15, 0.2) is 0 Å². The fraction of sp³-hybridized carbons (Fsp3) is 0. The predicted molar refractivity (Wildman–Crippen MR) is 88.8 cm³/mol. The Balaban J connectivity index is 0.000000180. The van der Waals surface area contributed by atoms with Crippen LogP contribution in [0.15, 0.2) is 73.8 Å². The van der Waals surface area contributed by atoms with Gasteiger partial charge in [-0.2, -0.15) is 0 Å². The van der Waals surface area contributed by atoms with Crippen LogP contribution >= 0.6 is 31.9 Å². The second-order valence-electron chi connectivity index (χ2n) is 3.54. The minimum absolute atomic E-state index is 0.933. The van der Waals surface area contributed by atoms with E-state index in [1.54, 1.807) is 0 Å². The molecule has 0 saturated carbocycles. The molecule has 0 aliphatic heterocycles. The molecule has 2 rings (SSSR count). The molecule has 0 unspecified atom stereocenters. The lowest BCUT2D eigenvalue weighted by Gasteiger charge is -1.92. The number of benzene rings is 2. The first-order valence-electron chi connectivity index (χ1n) is 5.41. The van der Waals surface area contributed by atoms with Crippen molar-refractivity contribution in [2.45, 2.75) is 0 Å². The van der Waals surface area contributed by atoms with Crippen molar-refractivity contribution in [3.05, 3.63) is 84.9 Å². The van der Waals surface area contributed by atoms with Gasteiger partial charge in [-0.05, 0) is 11.1 Å². The number of hydrogen-bond acceptors (Lipinski definition) is 0. The van der Waals surface area contributed by atoms with E-state index in [0.717, 1.165) is 20.1 Å². The van der Waals surface area contributed by atoms with Gasteiger partial charge in [-0.25, -0.2) is 0 Å². The van der Waals surface area contributed by atoms with Gasteiger partial charge in [0.1, 0.15) is 0 Å². The lowest BCUT2D eigenvalue weighted by Crippen LogP contribution is -1.69. The van der Waals surface area contributed by atoms with E-state index in [4.69, 9.17) is 0 Å². The molecule has 92 valence electrons. The summed E-state index contributed by atoms with van der Waals surface area (Å²) in [5, 5.41) is 0. The first-order valence-corrected chi connectivity index (χ1v) is 6.99. The van der Waals surface area contributed by atoms with Crippen LogP contribution in [-0.4, -0.2) is 0 Å². The van der Waals surface area contributed by atoms with E-state index in [2.05, 4.69) is 45.0 Å². The molecule has 0 aliphatic carbocycles.